The third kappa shape index (κ3) is 3.34. The summed E-state index contributed by atoms with van der Waals surface area (Å²) in [7, 11) is 1.58. The van der Waals surface area contributed by atoms with Gasteiger partial charge in [0.05, 0.1) is 26.1 Å². The molecule has 0 N–H and O–H groups in total. The molecule has 0 amide bonds. The second-order valence-corrected chi connectivity index (χ2v) is 7.37. The molecule has 122 valence electrons. The van der Waals surface area contributed by atoms with Crippen LogP contribution in [-0.4, -0.2) is 12.9 Å². The van der Waals surface area contributed by atoms with Crippen LogP contribution in [0.4, 0.5) is 0 Å². The molecule has 3 aromatic rings. The first kappa shape index (κ1) is 17.4. The van der Waals surface area contributed by atoms with Gasteiger partial charge in [0.25, 0.3) is 0 Å². The highest BCUT2D eigenvalue weighted by Crippen LogP contribution is 2.33. The average molecular weight is 546 g/mol. The van der Waals surface area contributed by atoms with Gasteiger partial charge in [0.15, 0.2) is 16.8 Å². The molecule has 0 radical (unpaired) electrons. The topological polar surface area (TPSA) is 56.5 Å². The van der Waals surface area contributed by atoms with Gasteiger partial charge in [0, 0.05) is 11.6 Å². The van der Waals surface area contributed by atoms with E-state index in [0.717, 1.165) is 7.14 Å². The van der Waals surface area contributed by atoms with Gasteiger partial charge in [-0.2, -0.15) is 0 Å². The molecule has 6 heteroatoms. The van der Waals surface area contributed by atoms with Gasteiger partial charge in [0.2, 0.25) is 0 Å². The van der Waals surface area contributed by atoms with Crippen molar-refractivity contribution in [2.45, 2.75) is 6.42 Å². The minimum absolute atomic E-state index is 0.0412. The molecule has 1 heterocycles. The van der Waals surface area contributed by atoms with E-state index in [1.54, 1.807) is 37.4 Å². The van der Waals surface area contributed by atoms with Crippen LogP contribution in [0.5, 0.6) is 5.75 Å². The van der Waals surface area contributed by atoms with E-state index < -0.39 is 0 Å². The van der Waals surface area contributed by atoms with Gasteiger partial charge < -0.3 is 9.15 Å². The number of methoxy groups -OCH3 is 1. The van der Waals surface area contributed by atoms with Crippen molar-refractivity contribution in [3.8, 4) is 5.75 Å². The normalized spacial score (nSPS) is 10.8. The van der Waals surface area contributed by atoms with Crippen LogP contribution >= 0.6 is 45.2 Å². The van der Waals surface area contributed by atoms with Crippen LogP contribution in [0.2, 0.25) is 0 Å². The van der Waals surface area contributed by atoms with E-state index in [2.05, 4.69) is 45.2 Å². The lowest BCUT2D eigenvalue weighted by atomic mass is 10.1. The van der Waals surface area contributed by atoms with Crippen molar-refractivity contribution in [1.82, 2.24) is 0 Å². The zero-order valence-corrected chi connectivity index (χ0v) is 17.0. The summed E-state index contributed by atoms with van der Waals surface area (Å²) < 4.78 is 12.8. The second kappa shape index (κ2) is 7.22. The molecule has 0 unspecified atom stereocenters. The zero-order chi connectivity index (χ0) is 17.3. The van der Waals surface area contributed by atoms with Crippen LogP contribution in [0, 0.1) is 7.14 Å². The number of carbonyl (C=O) groups excluding carboxylic acids is 1. The van der Waals surface area contributed by atoms with Crippen molar-refractivity contribution in [3.05, 3.63) is 71.2 Å². The predicted molar refractivity (Wildman–Crippen MR) is 109 cm³/mol. The standard InChI is InChI=1S/C18H12I2O4/c1-23-18-13(19)9-12-15(22)8-11(24-17(12)16(18)20)7-14(21)10-5-3-2-4-6-10/h2-6,8-9H,7H2,1H3. The van der Waals surface area contributed by atoms with Gasteiger partial charge in [-0.05, 0) is 51.2 Å². The summed E-state index contributed by atoms with van der Waals surface area (Å²) in [5, 5.41) is 0.487. The monoisotopic (exact) mass is 546 g/mol. The smallest absolute Gasteiger partial charge is 0.193 e. The van der Waals surface area contributed by atoms with Crippen LogP contribution in [0.15, 0.2) is 51.7 Å². The molecule has 1 aromatic heterocycles. The first-order valence-electron chi connectivity index (χ1n) is 7.08. The van der Waals surface area contributed by atoms with Crippen molar-refractivity contribution in [2.75, 3.05) is 7.11 Å². The average Bonchev–Trinajstić information content (AvgIpc) is 2.57. The lowest BCUT2D eigenvalue weighted by Gasteiger charge is -2.10. The van der Waals surface area contributed by atoms with Gasteiger partial charge in [-0.15, -0.1) is 0 Å². The van der Waals surface area contributed by atoms with E-state index in [-0.39, 0.29) is 17.6 Å². The third-order valence-corrected chi connectivity index (χ3v) is 5.34. The Balaban J connectivity index is 2.07. The van der Waals surface area contributed by atoms with Crippen molar-refractivity contribution >= 4 is 61.9 Å². The van der Waals surface area contributed by atoms with Crippen molar-refractivity contribution in [3.63, 3.8) is 0 Å². The van der Waals surface area contributed by atoms with Gasteiger partial charge in [-0.3, -0.25) is 9.59 Å². The molecule has 0 aliphatic heterocycles. The van der Waals surface area contributed by atoms with E-state index in [1.807, 2.05) is 6.07 Å². The molecule has 2 aromatic carbocycles. The Bertz CT molecular complexity index is 978. The number of benzene rings is 2. The number of ether oxygens (including phenoxy) is 1. The molecule has 3 rings (SSSR count). The van der Waals surface area contributed by atoms with E-state index in [1.165, 1.54) is 6.07 Å². The second-order valence-electron chi connectivity index (χ2n) is 5.13. The molecule has 0 aliphatic rings. The first-order valence-corrected chi connectivity index (χ1v) is 9.24. The molecular formula is C18H12I2O4. The highest BCUT2D eigenvalue weighted by Gasteiger charge is 2.17. The van der Waals surface area contributed by atoms with Crippen LogP contribution in [0.25, 0.3) is 11.0 Å². The van der Waals surface area contributed by atoms with Crippen LogP contribution in [0.3, 0.4) is 0 Å². The predicted octanol–water partition coefficient (Wildman–Crippen LogP) is 4.44. The van der Waals surface area contributed by atoms with Crippen molar-refractivity contribution in [1.29, 1.82) is 0 Å². The molecule has 0 fully saturated rings. The molecule has 4 nitrogen and oxygen atoms in total. The fourth-order valence-corrected chi connectivity index (χ4v) is 4.64. The minimum Gasteiger partial charge on any atom is -0.494 e. The van der Waals surface area contributed by atoms with E-state index >= 15 is 0 Å². The van der Waals surface area contributed by atoms with Crippen LogP contribution < -0.4 is 10.2 Å². The number of halogens is 2. The number of ketones is 1. The van der Waals surface area contributed by atoms with E-state index in [4.69, 9.17) is 9.15 Å². The summed E-state index contributed by atoms with van der Waals surface area (Å²) in [6.07, 6.45) is 0.0412. The summed E-state index contributed by atoms with van der Waals surface area (Å²) in [5.74, 6) is 0.923. The number of fused-ring (bicyclic) bond motifs is 1. The number of Topliss-reactive ketones (excluding diaryl/α,β-unsaturated/α-hetero) is 1. The summed E-state index contributed by atoms with van der Waals surface area (Å²) in [5.41, 5.74) is 0.886. The first-order chi connectivity index (χ1) is 11.5. The summed E-state index contributed by atoms with van der Waals surface area (Å²) in [6, 6.07) is 12.1. The maximum absolute atomic E-state index is 12.4. The Labute approximate surface area is 165 Å². The van der Waals surface area contributed by atoms with Gasteiger partial charge >= 0.3 is 0 Å². The van der Waals surface area contributed by atoms with Crippen molar-refractivity contribution < 1.29 is 13.9 Å². The van der Waals surface area contributed by atoms with E-state index in [9.17, 15) is 9.59 Å². The number of carbonyl (C=O) groups is 1. The van der Waals surface area contributed by atoms with Crippen LogP contribution in [0.1, 0.15) is 16.1 Å². The number of rotatable bonds is 4. The molecule has 0 saturated carbocycles. The quantitative estimate of drug-likeness (QED) is 0.359. The summed E-state index contributed by atoms with van der Waals surface area (Å²) in [6.45, 7) is 0. The summed E-state index contributed by atoms with van der Waals surface area (Å²) in [4.78, 5) is 24.7. The minimum atomic E-state index is -0.161. The molecule has 24 heavy (non-hydrogen) atoms. The highest BCUT2D eigenvalue weighted by atomic mass is 127. The Kier molecular flexibility index (Phi) is 5.24. The largest absolute Gasteiger partial charge is 0.494 e. The Hall–Kier alpha value is -1.42. The molecule has 0 bridgehead atoms. The van der Waals surface area contributed by atoms with Gasteiger partial charge in [-0.1, -0.05) is 30.3 Å². The SMILES string of the molecule is COc1c(I)cc2c(=O)cc(CC(=O)c3ccccc3)oc2c1I. The molecular weight excluding hydrogens is 534 g/mol. The lowest BCUT2D eigenvalue weighted by Crippen LogP contribution is -2.09. The third-order valence-electron chi connectivity index (χ3n) is 3.56. The highest BCUT2D eigenvalue weighted by molar-refractivity contribution is 14.1. The zero-order valence-electron chi connectivity index (χ0n) is 12.6. The fraction of sp³-hybridized carbons (Fsp3) is 0.111. The Morgan fingerprint density at radius 1 is 1.17 bits per heavy atom. The van der Waals surface area contributed by atoms with Crippen LogP contribution in [-0.2, 0) is 6.42 Å². The van der Waals surface area contributed by atoms with Gasteiger partial charge in [-0.25, -0.2) is 0 Å². The maximum atomic E-state index is 12.4. The lowest BCUT2D eigenvalue weighted by molar-refractivity contribution is 0.0987. The van der Waals surface area contributed by atoms with E-state index in [0.29, 0.717) is 28.0 Å². The Morgan fingerprint density at radius 2 is 1.88 bits per heavy atom. The maximum Gasteiger partial charge on any atom is 0.193 e. The fourth-order valence-electron chi connectivity index (χ4n) is 2.41. The van der Waals surface area contributed by atoms with Crippen molar-refractivity contribution in [2.24, 2.45) is 0 Å². The molecule has 0 aliphatic carbocycles. The number of hydrogen-bond donors (Lipinski definition) is 0. The molecule has 0 atom stereocenters. The summed E-state index contributed by atoms with van der Waals surface area (Å²) >= 11 is 4.22. The molecule has 0 saturated heterocycles. The number of hydrogen-bond acceptors (Lipinski definition) is 4. The molecule has 0 spiro atoms. The van der Waals surface area contributed by atoms with Gasteiger partial charge in [0.1, 0.15) is 11.5 Å². The Morgan fingerprint density at radius 3 is 2.54 bits per heavy atom.